The van der Waals surface area contributed by atoms with Gasteiger partial charge in [0.05, 0.1) is 0 Å². The van der Waals surface area contributed by atoms with E-state index in [1.54, 1.807) is 0 Å². The number of rotatable bonds is 6. The summed E-state index contributed by atoms with van der Waals surface area (Å²) in [6.45, 7) is 6.27. The fraction of sp³-hybridized carbons (Fsp3) is 0.700. The van der Waals surface area contributed by atoms with Crippen LogP contribution in [-0.2, 0) is 0 Å². The first kappa shape index (κ1) is 16.2. The number of piperidine rings is 1. The monoisotopic (exact) mass is 330 g/mol. The quantitative estimate of drug-likeness (QED) is 0.869. The van der Waals surface area contributed by atoms with Crippen LogP contribution in [-0.4, -0.2) is 49.3 Å². The number of ether oxygens (including phenoxy) is 2. The Hall–Kier alpha value is -1.26. The molecule has 4 nitrogen and oxygen atoms in total. The van der Waals surface area contributed by atoms with Gasteiger partial charge in [0.2, 0.25) is 0 Å². The maximum absolute atomic E-state index is 6.17. The van der Waals surface area contributed by atoms with Crippen molar-refractivity contribution in [3.05, 3.63) is 24.3 Å². The summed E-state index contributed by atoms with van der Waals surface area (Å²) in [5.41, 5.74) is 0. The molecule has 0 radical (unpaired) electrons. The SMILES string of the molecule is CCCN(CC1COc2ccccc2O1)C[C@@H]1C[C@H]2CC[C@@H](C1)N2. The van der Waals surface area contributed by atoms with E-state index in [2.05, 4.69) is 17.1 Å². The van der Waals surface area contributed by atoms with Crippen LogP contribution in [0.4, 0.5) is 0 Å². The van der Waals surface area contributed by atoms with Gasteiger partial charge in [-0.1, -0.05) is 19.1 Å². The summed E-state index contributed by atoms with van der Waals surface area (Å²) < 4.78 is 12.1. The number of para-hydroxylation sites is 2. The number of fused-ring (bicyclic) bond motifs is 3. The van der Waals surface area contributed by atoms with Gasteiger partial charge in [-0.25, -0.2) is 0 Å². The standard InChI is InChI=1S/C20H30N2O2/c1-2-9-22(12-15-10-16-7-8-17(11-15)21-16)13-18-14-23-19-5-3-4-6-20(19)24-18/h3-6,15-18,21H,2,7-14H2,1H3/t15-,16-,17+,18?. The normalized spacial score (nSPS) is 31.4. The van der Waals surface area contributed by atoms with Crippen molar-refractivity contribution in [3.63, 3.8) is 0 Å². The molecule has 0 spiro atoms. The van der Waals surface area contributed by atoms with Crippen LogP contribution in [0.1, 0.15) is 39.0 Å². The highest BCUT2D eigenvalue weighted by Gasteiger charge is 2.34. The smallest absolute Gasteiger partial charge is 0.161 e. The van der Waals surface area contributed by atoms with E-state index in [1.807, 2.05) is 24.3 Å². The molecule has 1 aromatic carbocycles. The Balaban J connectivity index is 1.34. The molecule has 1 unspecified atom stereocenters. The van der Waals surface area contributed by atoms with E-state index >= 15 is 0 Å². The Kier molecular flexibility index (Phi) is 4.95. The number of benzene rings is 1. The van der Waals surface area contributed by atoms with Gasteiger partial charge in [-0.05, 0) is 56.7 Å². The zero-order valence-corrected chi connectivity index (χ0v) is 14.7. The van der Waals surface area contributed by atoms with E-state index in [4.69, 9.17) is 9.47 Å². The van der Waals surface area contributed by atoms with Gasteiger partial charge in [-0.3, -0.25) is 4.90 Å². The van der Waals surface area contributed by atoms with E-state index in [0.29, 0.717) is 6.61 Å². The number of hydrogen-bond donors (Lipinski definition) is 1. The Bertz CT molecular complexity index is 538. The summed E-state index contributed by atoms with van der Waals surface area (Å²) in [6.07, 6.45) is 6.80. The summed E-state index contributed by atoms with van der Waals surface area (Å²) in [5.74, 6) is 2.61. The van der Waals surface area contributed by atoms with Gasteiger partial charge in [-0.2, -0.15) is 0 Å². The van der Waals surface area contributed by atoms with Crippen LogP contribution in [0.2, 0.25) is 0 Å². The van der Waals surface area contributed by atoms with Crippen LogP contribution in [0.3, 0.4) is 0 Å². The summed E-state index contributed by atoms with van der Waals surface area (Å²) in [6, 6.07) is 9.56. The van der Waals surface area contributed by atoms with E-state index in [0.717, 1.165) is 42.6 Å². The molecule has 2 bridgehead atoms. The van der Waals surface area contributed by atoms with Crippen molar-refractivity contribution in [2.24, 2.45) is 5.92 Å². The minimum absolute atomic E-state index is 0.143. The molecule has 1 aromatic rings. The van der Waals surface area contributed by atoms with E-state index in [9.17, 15) is 0 Å². The first-order chi connectivity index (χ1) is 11.8. The fourth-order valence-corrected chi connectivity index (χ4v) is 4.70. The molecule has 0 saturated carbocycles. The topological polar surface area (TPSA) is 33.7 Å². The molecular formula is C20H30N2O2. The number of hydrogen-bond acceptors (Lipinski definition) is 4. The van der Waals surface area contributed by atoms with Crippen LogP contribution >= 0.6 is 0 Å². The van der Waals surface area contributed by atoms with E-state index in [-0.39, 0.29) is 6.10 Å². The van der Waals surface area contributed by atoms with Gasteiger partial charge < -0.3 is 14.8 Å². The average molecular weight is 330 g/mol. The van der Waals surface area contributed by atoms with E-state index < -0.39 is 0 Å². The number of nitrogens with one attached hydrogen (secondary N) is 1. The van der Waals surface area contributed by atoms with Crippen LogP contribution < -0.4 is 14.8 Å². The van der Waals surface area contributed by atoms with Crippen LogP contribution in [0.15, 0.2) is 24.3 Å². The molecule has 24 heavy (non-hydrogen) atoms. The van der Waals surface area contributed by atoms with Gasteiger partial charge >= 0.3 is 0 Å². The highest BCUT2D eigenvalue weighted by atomic mass is 16.6. The second-order valence-corrected chi connectivity index (χ2v) is 7.73. The molecule has 3 heterocycles. The van der Waals surface area contributed by atoms with Gasteiger partial charge in [0.15, 0.2) is 11.5 Å². The molecule has 3 aliphatic heterocycles. The fourth-order valence-electron chi connectivity index (χ4n) is 4.70. The molecule has 0 amide bonds. The molecule has 4 atom stereocenters. The van der Waals surface area contributed by atoms with Crippen molar-refractivity contribution < 1.29 is 9.47 Å². The molecule has 3 aliphatic rings. The largest absolute Gasteiger partial charge is 0.486 e. The first-order valence-electron chi connectivity index (χ1n) is 9.67. The third-order valence-electron chi connectivity index (χ3n) is 5.66. The third-order valence-corrected chi connectivity index (χ3v) is 5.66. The molecule has 2 fully saturated rings. The van der Waals surface area contributed by atoms with Crippen molar-refractivity contribution >= 4 is 0 Å². The molecule has 0 aliphatic carbocycles. The second-order valence-electron chi connectivity index (χ2n) is 7.73. The maximum Gasteiger partial charge on any atom is 0.161 e. The predicted octanol–water partition coefficient (Wildman–Crippen LogP) is 3.07. The number of nitrogens with zero attached hydrogens (tertiary/aromatic N) is 1. The Morgan fingerprint density at radius 3 is 2.58 bits per heavy atom. The molecule has 4 rings (SSSR count). The first-order valence-corrected chi connectivity index (χ1v) is 9.67. The second kappa shape index (κ2) is 7.32. The van der Waals surface area contributed by atoms with Crippen LogP contribution in [0.5, 0.6) is 11.5 Å². The lowest BCUT2D eigenvalue weighted by atomic mass is 9.92. The van der Waals surface area contributed by atoms with Crippen molar-refractivity contribution in [3.8, 4) is 11.5 Å². The minimum Gasteiger partial charge on any atom is -0.486 e. The summed E-state index contributed by atoms with van der Waals surface area (Å²) in [5, 5.41) is 3.75. The highest BCUT2D eigenvalue weighted by molar-refractivity contribution is 5.40. The van der Waals surface area contributed by atoms with Gasteiger partial charge in [-0.15, -0.1) is 0 Å². The van der Waals surface area contributed by atoms with Crippen molar-refractivity contribution in [1.29, 1.82) is 0 Å². The average Bonchev–Trinajstić information content (AvgIpc) is 2.93. The zero-order valence-electron chi connectivity index (χ0n) is 14.7. The van der Waals surface area contributed by atoms with Gasteiger partial charge in [0, 0.05) is 25.2 Å². The lowest BCUT2D eigenvalue weighted by Crippen LogP contribution is -2.46. The van der Waals surface area contributed by atoms with Gasteiger partial charge in [0.25, 0.3) is 0 Å². The minimum atomic E-state index is 0.143. The molecule has 2 saturated heterocycles. The lowest BCUT2D eigenvalue weighted by molar-refractivity contribution is 0.0509. The molecule has 4 heteroatoms. The zero-order chi connectivity index (χ0) is 16.4. The third kappa shape index (κ3) is 3.70. The highest BCUT2D eigenvalue weighted by Crippen LogP contribution is 2.33. The summed E-state index contributed by atoms with van der Waals surface area (Å²) in [4.78, 5) is 2.61. The summed E-state index contributed by atoms with van der Waals surface area (Å²) >= 11 is 0. The molecule has 0 aromatic heterocycles. The summed E-state index contributed by atoms with van der Waals surface area (Å²) in [7, 11) is 0. The van der Waals surface area contributed by atoms with Crippen molar-refractivity contribution in [2.75, 3.05) is 26.2 Å². The predicted molar refractivity (Wildman–Crippen MR) is 95.8 cm³/mol. The Morgan fingerprint density at radius 1 is 1.08 bits per heavy atom. The van der Waals surface area contributed by atoms with E-state index in [1.165, 1.54) is 38.6 Å². The van der Waals surface area contributed by atoms with Gasteiger partial charge in [0.1, 0.15) is 12.7 Å². The molecule has 132 valence electrons. The molecule has 1 N–H and O–H groups in total. The van der Waals surface area contributed by atoms with Crippen molar-refractivity contribution in [1.82, 2.24) is 10.2 Å². The Labute approximate surface area is 145 Å². The maximum atomic E-state index is 6.17. The van der Waals surface area contributed by atoms with Crippen LogP contribution in [0, 0.1) is 5.92 Å². The van der Waals surface area contributed by atoms with Crippen LogP contribution in [0.25, 0.3) is 0 Å². The molecular weight excluding hydrogens is 300 g/mol. The Morgan fingerprint density at radius 2 is 1.83 bits per heavy atom. The van der Waals surface area contributed by atoms with Crippen molar-refractivity contribution in [2.45, 2.75) is 57.2 Å². The lowest BCUT2D eigenvalue weighted by Gasteiger charge is -2.36.